The van der Waals surface area contributed by atoms with Gasteiger partial charge in [0.1, 0.15) is 18.5 Å². The summed E-state index contributed by atoms with van der Waals surface area (Å²) >= 11 is 0. The van der Waals surface area contributed by atoms with Crippen LogP contribution in [-0.2, 0) is 19.0 Å². The van der Waals surface area contributed by atoms with Crippen LogP contribution < -0.4 is 15.4 Å². The number of urea groups is 1. The van der Waals surface area contributed by atoms with Gasteiger partial charge in [0, 0.05) is 5.70 Å². The van der Waals surface area contributed by atoms with Crippen LogP contribution in [0.1, 0.15) is 25.5 Å². The molecule has 1 aromatic rings. The molecular formula is C19H24N2O6. The number of ether oxygens (including phenoxy) is 4. The first-order valence-corrected chi connectivity index (χ1v) is 8.96. The molecule has 0 bridgehead atoms. The normalized spacial score (nSPS) is 22.7. The van der Waals surface area contributed by atoms with E-state index in [9.17, 15) is 9.59 Å². The van der Waals surface area contributed by atoms with Gasteiger partial charge in [0.15, 0.2) is 0 Å². The molecule has 0 aliphatic carbocycles. The number of rotatable bonds is 6. The van der Waals surface area contributed by atoms with Crippen molar-refractivity contribution in [3.63, 3.8) is 0 Å². The van der Waals surface area contributed by atoms with Gasteiger partial charge in [0.05, 0.1) is 38.0 Å². The molecule has 3 rings (SSSR count). The number of carbonyl (C=O) groups excluding carboxylic acids is 2. The van der Waals surface area contributed by atoms with Crippen molar-refractivity contribution in [1.82, 2.24) is 10.6 Å². The average molecular weight is 376 g/mol. The summed E-state index contributed by atoms with van der Waals surface area (Å²) in [6, 6.07) is 6.28. The largest absolute Gasteiger partial charge is 0.491 e. The van der Waals surface area contributed by atoms with Gasteiger partial charge >= 0.3 is 12.0 Å². The van der Waals surface area contributed by atoms with E-state index < -0.39 is 12.0 Å². The average Bonchev–Trinajstić information content (AvgIpc) is 2.67. The van der Waals surface area contributed by atoms with Crippen molar-refractivity contribution in [3.8, 4) is 5.75 Å². The number of allylic oxidation sites excluding steroid dienone is 1. The Bertz CT molecular complexity index is 709. The van der Waals surface area contributed by atoms with Crippen LogP contribution in [0.5, 0.6) is 5.75 Å². The molecule has 2 N–H and O–H groups in total. The molecule has 0 aromatic heterocycles. The number of nitrogens with one attached hydrogen (secondary N) is 2. The fourth-order valence-electron chi connectivity index (χ4n) is 3.00. The highest BCUT2D eigenvalue weighted by Gasteiger charge is 2.32. The Balaban J connectivity index is 1.71. The number of hydrogen-bond acceptors (Lipinski definition) is 6. The van der Waals surface area contributed by atoms with E-state index >= 15 is 0 Å². The van der Waals surface area contributed by atoms with Crippen LogP contribution in [-0.4, -0.2) is 51.1 Å². The first kappa shape index (κ1) is 19.2. The third-order valence-corrected chi connectivity index (χ3v) is 4.30. The van der Waals surface area contributed by atoms with E-state index in [-0.39, 0.29) is 18.7 Å². The van der Waals surface area contributed by atoms with Gasteiger partial charge < -0.3 is 29.6 Å². The smallest absolute Gasteiger partial charge is 0.338 e. The quantitative estimate of drug-likeness (QED) is 0.734. The second kappa shape index (κ2) is 8.88. The fourth-order valence-corrected chi connectivity index (χ4v) is 3.00. The second-order valence-corrected chi connectivity index (χ2v) is 6.24. The van der Waals surface area contributed by atoms with Gasteiger partial charge in [0.25, 0.3) is 0 Å². The molecule has 1 aromatic carbocycles. The zero-order valence-electron chi connectivity index (χ0n) is 15.4. The van der Waals surface area contributed by atoms with Crippen molar-refractivity contribution in [2.45, 2.75) is 26.0 Å². The van der Waals surface area contributed by atoms with Crippen LogP contribution in [0.15, 0.2) is 35.5 Å². The maximum absolute atomic E-state index is 12.3. The molecule has 0 saturated carbocycles. The van der Waals surface area contributed by atoms with E-state index in [2.05, 4.69) is 10.6 Å². The van der Waals surface area contributed by atoms with Gasteiger partial charge in [0.2, 0.25) is 0 Å². The van der Waals surface area contributed by atoms with Crippen LogP contribution in [0.4, 0.5) is 4.79 Å². The van der Waals surface area contributed by atoms with Gasteiger partial charge in [-0.15, -0.1) is 0 Å². The molecule has 1 fully saturated rings. The molecule has 2 aliphatic heterocycles. The van der Waals surface area contributed by atoms with Crippen LogP contribution >= 0.6 is 0 Å². The summed E-state index contributed by atoms with van der Waals surface area (Å²) in [6.45, 7) is 5.79. The van der Waals surface area contributed by atoms with E-state index in [0.29, 0.717) is 43.4 Å². The Kier molecular flexibility index (Phi) is 6.31. The second-order valence-electron chi connectivity index (χ2n) is 6.24. The monoisotopic (exact) mass is 376 g/mol. The van der Waals surface area contributed by atoms with E-state index in [1.54, 1.807) is 26.0 Å². The highest BCUT2D eigenvalue weighted by molar-refractivity contribution is 5.95. The molecule has 0 spiro atoms. The van der Waals surface area contributed by atoms with Crippen molar-refractivity contribution in [2.24, 2.45) is 0 Å². The van der Waals surface area contributed by atoms with E-state index in [1.165, 1.54) is 0 Å². The predicted molar refractivity (Wildman–Crippen MR) is 96.2 cm³/mol. The summed E-state index contributed by atoms with van der Waals surface area (Å²) in [4.78, 5) is 24.2. The van der Waals surface area contributed by atoms with Crippen molar-refractivity contribution in [3.05, 3.63) is 41.1 Å². The third kappa shape index (κ3) is 4.78. The van der Waals surface area contributed by atoms with Gasteiger partial charge in [-0.25, -0.2) is 9.59 Å². The lowest BCUT2D eigenvalue weighted by atomic mass is 9.95. The number of esters is 1. The van der Waals surface area contributed by atoms with Gasteiger partial charge in [-0.2, -0.15) is 0 Å². The highest BCUT2D eigenvalue weighted by atomic mass is 16.6. The first-order chi connectivity index (χ1) is 13.1. The number of carbonyl (C=O) groups is 2. The maximum atomic E-state index is 12.3. The van der Waals surface area contributed by atoms with Crippen molar-refractivity contribution in [1.29, 1.82) is 0 Å². The summed E-state index contributed by atoms with van der Waals surface area (Å²) < 4.78 is 21.8. The lowest BCUT2D eigenvalue weighted by molar-refractivity contribution is -0.139. The molecule has 0 unspecified atom stereocenters. The van der Waals surface area contributed by atoms with Gasteiger partial charge in [-0.3, -0.25) is 0 Å². The zero-order valence-corrected chi connectivity index (χ0v) is 15.4. The minimum Gasteiger partial charge on any atom is -0.491 e. The van der Waals surface area contributed by atoms with Crippen LogP contribution in [0.3, 0.4) is 0 Å². The minimum atomic E-state index is -0.582. The molecule has 8 nitrogen and oxygen atoms in total. The van der Waals surface area contributed by atoms with Crippen molar-refractivity contribution >= 4 is 12.0 Å². The fraction of sp³-hybridized carbons (Fsp3) is 0.474. The Labute approximate surface area is 157 Å². The zero-order chi connectivity index (χ0) is 19.2. The number of hydrogen-bond donors (Lipinski definition) is 2. The Morgan fingerprint density at radius 1 is 1.26 bits per heavy atom. The number of benzene rings is 1. The molecule has 2 aliphatic rings. The van der Waals surface area contributed by atoms with Gasteiger partial charge in [-0.05, 0) is 31.5 Å². The molecule has 8 heteroatoms. The number of amides is 2. The lowest BCUT2D eigenvalue weighted by Crippen LogP contribution is -2.45. The Morgan fingerprint density at radius 3 is 2.70 bits per heavy atom. The topological polar surface area (TPSA) is 95.1 Å². The molecule has 2 atom stereocenters. The van der Waals surface area contributed by atoms with E-state index in [0.717, 1.165) is 5.56 Å². The summed E-state index contributed by atoms with van der Waals surface area (Å²) in [7, 11) is 0. The van der Waals surface area contributed by atoms with Crippen LogP contribution in [0.25, 0.3) is 0 Å². The SMILES string of the molecule is CCOC(=O)C1=C(C)NC(=O)N[C@@H]1c1ccc(OC[C@@H]2COCCO2)cc1. The van der Waals surface area contributed by atoms with Crippen molar-refractivity contribution in [2.75, 3.05) is 33.0 Å². The predicted octanol–water partition coefficient (Wildman–Crippen LogP) is 1.67. The molecule has 27 heavy (non-hydrogen) atoms. The summed E-state index contributed by atoms with van der Waals surface area (Å²) in [5.74, 6) is 0.217. The lowest BCUT2D eigenvalue weighted by Gasteiger charge is -2.28. The first-order valence-electron chi connectivity index (χ1n) is 8.96. The van der Waals surface area contributed by atoms with E-state index in [1.807, 2.05) is 12.1 Å². The molecule has 146 valence electrons. The molecule has 1 saturated heterocycles. The summed E-state index contributed by atoms with van der Waals surface area (Å²) in [6.07, 6.45) is -0.0804. The third-order valence-electron chi connectivity index (χ3n) is 4.30. The maximum Gasteiger partial charge on any atom is 0.338 e. The summed E-state index contributed by atoms with van der Waals surface area (Å²) in [5.41, 5.74) is 1.63. The van der Waals surface area contributed by atoms with Crippen LogP contribution in [0.2, 0.25) is 0 Å². The molecule has 2 amide bonds. The molecule has 0 radical (unpaired) electrons. The Morgan fingerprint density at radius 2 is 2.04 bits per heavy atom. The molecule has 2 heterocycles. The van der Waals surface area contributed by atoms with E-state index in [4.69, 9.17) is 18.9 Å². The van der Waals surface area contributed by atoms with Gasteiger partial charge in [-0.1, -0.05) is 12.1 Å². The standard InChI is InChI=1S/C19H24N2O6/c1-3-25-18(22)16-12(2)20-19(23)21-17(16)13-4-6-14(7-5-13)27-11-15-10-24-8-9-26-15/h4-7,15,17H,3,8-11H2,1-2H3,(H2,20,21,23)/t15-,17+/m0/s1. The summed E-state index contributed by atoms with van der Waals surface area (Å²) in [5, 5.41) is 5.38. The molecular weight excluding hydrogens is 352 g/mol. The highest BCUT2D eigenvalue weighted by Crippen LogP contribution is 2.28. The Hall–Kier alpha value is -2.58. The van der Waals surface area contributed by atoms with Crippen LogP contribution in [0, 0.1) is 0 Å². The van der Waals surface area contributed by atoms with Crippen molar-refractivity contribution < 1.29 is 28.5 Å². The minimum absolute atomic E-state index is 0.0804.